The molecular formula is C18H20N2O3S. The van der Waals surface area contributed by atoms with Crippen LogP contribution in [0.3, 0.4) is 0 Å². The molecule has 1 aliphatic rings. The van der Waals surface area contributed by atoms with E-state index >= 15 is 0 Å². The van der Waals surface area contributed by atoms with Gasteiger partial charge < -0.3 is 15.4 Å². The maximum absolute atomic E-state index is 12.3. The molecule has 2 amide bonds. The Morgan fingerprint density at radius 2 is 2.04 bits per heavy atom. The van der Waals surface area contributed by atoms with Crippen molar-refractivity contribution in [1.29, 1.82) is 0 Å². The number of hydrogen-bond donors (Lipinski definition) is 2. The van der Waals surface area contributed by atoms with Crippen LogP contribution in [0.15, 0.2) is 30.3 Å². The van der Waals surface area contributed by atoms with Gasteiger partial charge in [-0.05, 0) is 24.6 Å². The SMILES string of the molecule is CCCNC(=O)CCNC(=O)c1cc2c(s1)-c1ccccc1OC2. The molecule has 0 spiro atoms. The highest BCUT2D eigenvalue weighted by Gasteiger charge is 2.22. The van der Waals surface area contributed by atoms with Gasteiger partial charge in [-0.2, -0.15) is 0 Å². The van der Waals surface area contributed by atoms with Crippen molar-refractivity contribution in [1.82, 2.24) is 10.6 Å². The standard InChI is InChI=1S/C18H20N2O3S/c1-2-8-19-16(21)7-9-20-18(22)15-10-12-11-23-14-6-4-3-5-13(14)17(12)24-15/h3-6,10H,2,7-9,11H2,1H3,(H,19,21)(H,20,22). The fourth-order valence-electron chi connectivity index (χ4n) is 2.54. The molecule has 1 aromatic carbocycles. The molecule has 5 nitrogen and oxygen atoms in total. The molecule has 2 N–H and O–H groups in total. The van der Waals surface area contributed by atoms with Gasteiger partial charge in [0.05, 0.1) is 4.88 Å². The summed E-state index contributed by atoms with van der Waals surface area (Å²) in [7, 11) is 0. The molecule has 0 aliphatic carbocycles. The van der Waals surface area contributed by atoms with Gasteiger partial charge in [-0.25, -0.2) is 0 Å². The van der Waals surface area contributed by atoms with Crippen LogP contribution in [0.5, 0.6) is 5.75 Å². The molecular weight excluding hydrogens is 324 g/mol. The number of thiophene rings is 1. The smallest absolute Gasteiger partial charge is 0.261 e. The molecule has 126 valence electrons. The monoisotopic (exact) mass is 344 g/mol. The van der Waals surface area contributed by atoms with E-state index in [-0.39, 0.29) is 11.8 Å². The van der Waals surface area contributed by atoms with Gasteiger partial charge in [-0.1, -0.05) is 19.1 Å². The lowest BCUT2D eigenvalue weighted by Crippen LogP contribution is -2.30. The Balaban J connectivity index is 1.62. The van der Waals surface area contributed by atoms with Crippen molar-refractivity contribution in [3.05, 3.63) is 40.8 Å². The fraction of sp³-hybridized carbons (Fsp3) is 0.333. The van der Waals surface area contributed by atoms with Gasteiger partial charge in [0.2, 0.25) is 5.91 Å². The zero-order valence-corrected chi connectivity index (χ0v) is 14.4. The number of rotatable bonds is 6. The summed E-state index contributed by atoms with van der Waals surface area (Å²) in [5.41, 5.74) is 2.06. The highest BCUT2D eigenvalue weighted by molar-refractivity contribution is 7.17. The minimum Gasteiger partial charge on any atom is -0.488 e. The van der Waals surface area contributed by atoms with Crippen molar-refractivity contribution in [3.63, 3.8) is 0 Å². The van der Waals surface area contributed by atoms with Gasteiger partial charge in [0.15, 0.2) is 0 Å². The van der Waals surface area contributed by atoms with Crippen LogP contribution in [0, 0.1) is 0 Å². The summed E-state index contributed by atoms with van der Waals surface area (Å²) in [4.78, 5) is 25.6. The first-order valence-electron chi connectivity index (χ1n) is 8.09. The van der Waals surface area contributed by atoms with Gasteiger partial charge in [-0.3, -0.25) is 9.59 Å². The van der Waals surface area contributed by atoms with E-state index in [1.54, 1.807) is 0 Å². The summed E-state index contributed by atoms with van der Waals surface area (Å²) >= 11 is 1.47. The average Bonchev–Trinajstić information content (AvgIpc) is 3.04. The third-order valence-electron chi connectivity index (χ3n) is 3.76. The van der Waals surface area contributed by atoms with Crippen molar-refractivity contribution in [3.8, 4) is 16.2 Å². The average molecular weight is 344 g/mol. The first-order chi connectivity index (χ1) is 11.7. The molecule has 0 bridgehead atoms. The van der Waals surface area contributed by atoms with E-state index in [2.05, 4.69) is 10.6 Å². The molecule has 0 atom stereocenters. The third kappa shape index (κ3) is 3.59. The molecule has 6 heteroatoms. The quantitative estimate of drug-likeness (QED) is 0.847. The lowest BCUT2D eigenvalue weighted by atomic mass is 10.1. The van der Waals surface area contributed by atoms with Crippen molar-refractivity contribution >= 4 is 23.2 Å². The highest BCUT2D eigenvalue weighted by atomic mass is 32.1. The number of carbonyl (C=O) groups excluding carboxylic acids is 2. The van der Waals surface area contributed by atoms with E-state index in [9.17, 15) is 9.59 Å². The Labute approximate surface area is 145 Å². The van der Waals surface area contributed by atoms with Crippen LogP contribution in [-0.2, 0) is 11.4 Å². The van der Waals surface area contributed by atoms with Crippen molar-refractivity contribution in [2.24, 2.45) is 0 Å². The minimum atomic E-state index is -0.143. The molecule has 0 saturated heterocycles. The van der Waals surface area contributed by atoms with Gasteiger partial charge in [0.1, 0.15) is 12.4 Å². The molecule has 0 unspecified atom stereocenters. The Bertz CT molecular complexity index is 754. The molecule has 1 aromatic heterocycles. The predicted molar refractivity (Wildman–Crippen MR) is 94.3 cm³/mol. The number of para-hydroxylation sites is 1. The number of amides is 2. The van der Waals surface area contributed by atoms with Crippen molar-refractivity contribution in [2.45, 2.75) is 26.4 Å². The summed E-state index contributed by atoms with van der Waals surface area (Å²) in [5, 5.41) is 5.60. The maximum Gasteiger partial charge on any atom is 0.261 e. The summed E-state index contributed by atoms with van der Waals surface area (Å²) in [6.45, 7) is 3.49. The number of benzene rings is 1. The third-order valence-corrected chi connectivity index (χ3v) is 4.97. The van der Waals surface area contributed by atoms with Crippen LogP contribution in [0.2, 0.25) is 0 Å². The number of fused-ring (bicyclic) bond motifs is 3. The van der Waals surface area contributed by atoms with Gasteiger partial charge in [-0.15, -0.1) is 11.3 Å². The summed E-state index contributed by atoms with van der Waals surface area (Å²) < 4.78 is 5.72. The van der Waals surface area contributed by atoms with E-state index < -0.39 is 0 Å². The molecule has 0 radical (unpaired) electrons. The highest BCUT2D eigenvalue weighted by Crippen LogP contribution is 2.42. The molecule has 24 heavy (non-hydrogen) atoms. The van der Waals surface area contributed by atoms with Crippen LogP contribution in [0.4, 0.5) is 0 Å². The summed E-state index contributed by atoms with van der Waals surface area (Å²) in [6, 6.07) is 9.72. The zero-order valence-electron chi connectivity index (χ0n) is 13.6. The number of hydrogen-bond acceptors (Lipinski definition) is 4. The van der Waals surface area contributed by atoms with E-state index in [1.807, 2.05) is 37.3 Å². The number of carbonyl (C=O) groups is 2. The molecule has 2 aromatic rings. The first kappa shape index (κ1) is 16.5. The van der Waals surface area contributed by atoms with Gasteiger partial charge >= 0.3 is 0 Å². The van der Waals surface area contributed by atoms with Gasteiger partial charge in [0.25, 0.3) is 5.91 Å². The van der Waals surface area contributed by atoms with Crippen LogP contribution in [0.25, 0.3) is 10.4 Å². The molecule has 2 heterocycles. The molecule has 0 fully saturated rings. The van der Waals surface area contributed by atoms with Crippen LogP contribution >= 0.6 is 11.3 Å². The molecule has 1 aliphatic heterocycles. The van der Waals surface area contributed by atoms with Crippen molar-refractivity contribution in [2.75, 3.05) is 13.1 Å². The van der Waals surface area contributed by atoms with E-state index in [1.165, 1.54) is 11.3 Å². The lowest BCUT2D eigenvalue weighted by molar-refractivity contribution is -0.120. The second-order valence-electron chi connectivity index (χ2n) is 5.61. The topological polar surface area (TPSA) is 67.4 Å². The van der Waals surface area contributed by atoms with Crippen LogP contribution in [0.1, 0.15) is 35.0 Å². The van der Waals surface area contributed by atoms with Crippen molar-refractivity contribution < 1.29 is 14.3 Å². The fourth-order valence-corrected chi connectivity index (χ4v) is 3.65. The molecule has 3 rings (SSSR count). The summed E-state index contributed by atoms with van der Waals surface area (Å²) in [5.74, 6) is 0.673. The van der Waals surface area contributed by atoms with E-state index in [0.717, 1.165) is 28.2 Å². The predicted octanol–water partition coefficient (Wildman–Crippen LogP) is 2.95. The first-order valence-corrected chi connectivity index (χ1v) is 8.90. The van der Waals surface area contributed by atoms with E-state index in [0.29, 0.717) is 31.0 Å². The van der Waals surface area contributed by atoms with Crippen LogP contribution in [-0.4, -0.2) is 24.9 Å². The normalized spacial score (nSPS) is 11.9. The molecule has 0 saturated carbocycles. The lowest BCUT2D eigenvalue weighted by Gasteiger charge is -2.16. The largest absolute Gasteiger partial charge is 0.488 e. The van der Waals surface area contributed by atoms with Gasteiger partial charge in [0, 0.05) is 35.5 Å². The van der Waals surface area contributed by atoms with E-state index in [4.69, 9.17) is 4.74 Å². The number of nitrogens with one attached hydrogen (secondary N) is 2. The minimum absolute atomic E-state index is 0.0371. The summed E-state index contributed by atoms with van der Waals surface area (Å²) in [6.07, 6.45) is 1.20. The Hall–Kier alpha value is -2.34. The Morgan fingerprint density at radius 3 is 2.88 bits per heavy atom. The Kier molecular flexibility index (Phi) is 5.15. The number of ether oxygens (including phenoxy) is 1. The second-order valence-corrected chi connectivity index (χ2v) is 6.66. The second kappa shape index (κ2) is 7.49. The van der Waals surface area contributed by atoms with Crippen LogP contribution < -0.4 is 15.4 Å². The zero-order chi connectivity index (χ0) is 16.9. The Morgan fingerprint density at radius 1 is 1.21 bits per heavy atom. The maximum atomic E-state index is 12.3.